The van der Waals surface area contributed by atoms with Crippen molar-refractivity contribution < 1.29 is 9.47 Å². The molecule has 0 saturated heterocycles. The summed E-state index contributed by atoms with van der Waals surface area (Å²) < 4.78 is 15.9. The Balaban J connectivity index is 1.16. The number of benzene rings is 5. The smallest absolute Gasteiger partial charge is 0.217 e. The van der Waals surface area contributed by atoms with E-state index in [1.165, 1.54) is 33.2 Å². The average Bonchev–Trinajstić information content (AvgIpc) is 3.71. The average molecular weight is 668 g/mol. The van der Waals surface area contributed by atoms with Gasteiger partial charge in [-0.2, -0.15) is 0 Å². The highest BCUT2D eigenvalue weighted by Crippen LogP contribution is 2.42. The first-order valence-electron chi connectivity index (χ1n) is 17.9. The molecule has 0 unspecified atom stereocenters. The van der Waals surface area contributed by atoms with Crippen LogP contribution in [0.5, 0.6) is 11.5 Å². The number of aliphatic imine (C=N–C) groups is 1. The lowest BCUT2D eigenvalue weighted by Gasteiger charge is -2.27. The van der Waals surface area contributed by atoms with Gasteiger partial charge in [-0.25, -0.2) is 9.98 Å². The molecule has 0 radical (unpaired) electrons. The summed E-state index contributed by atoms with van der Waals surface area (Å²) in [5, 5.41) is 2.33. The first-order chi connectivity index (χ1) is 24.7. The fourth-order valence-corrected chi connectivity index (χ4v) is 7.84. The standard InChI is InChI=1S/C46H41N3O2/c1-28-16-19-42-40(21-28)39-15-10-20-47-44(39)49(42)34-25-33(46(3,4)5)26-36(27-34)50-35-23-31(30-12-7-6-8-13-30)22-32(24-35)45-48-41-18-17-37-29(2)11-9-14-38(37)43(41)51-45/h6-16,19-27,41,43H,17-18H2,1-5H3/t41-,43+/m1/s1. The van der Waals surface area contributed by atoms with Crippen molar-refractivity contribution in [3.8, 4) is 28.3 Å². The molecule has 1 aliphatic carbocycles. The number of nitrogens with zero attached hydrogens (tertiary/aromatic N) is 3. The second kappa shape index (κ2) is 12.0. The number of rotatable bonds is 5. The Hall–Kier alpha value is -5.68. The number of pyridine rings is 1. The van der Waals surface area contributed by atoms with Crippen LogP contribution in [0.3, 0.4) is 0 Å². The van der Waals surface area contributed by atoms with Gasteiger partial charge in [-0.1, -0.05) is 80.9 Å². The minimum Gasteiger partial charge on any atom is -0.467 e. The highest BCUT2D eigenvalue weighted by atomic mass is 16.5. The van der Waals surface area contributed by atoms with Crippen LogP contribution < -0.4 is 4.74 Å². The highest BCUT2D eigenvalue weighted by molar-refractivity contribution is 6.08. The molecule has 252 valence electrons. The van der Waals surface area contributed by atoms with Gasteiger partial charge in [0.05, 0.1) is 17.2 Å². The van der Waals surface area contributed by atoms with Crippen LogP contribution in [0.25, 0.3) is 38.8 Å². The molecule has 1 aliphatic heterocycles. The third kappa shape index (κ3) is 5.58. The maximum atomic E-state index is 6.90. The zero-order chi connectivity index (χ0) is 34.9. The molecule has 2 aliphatic rings. The molecule has 9 rings (SSSR count). The van der Waals surface area contributed by atoms with E-state index in [9.17, 15) is 0 Å². The van der Waals surface area contributed by atoms with Crippen LogP contribution in [0.2, 0.25) is 0 Å². The molecule has 2 aromatic heterocycles. The molecule has 0 N–H and O–H groups in total. The molecule has 5 heteroatoms. The lowest BCUT2D eigenvalue weighted by Crippen LogP contribution is -2.22. The third-order valence-electron chi connectivity index (χ3n) is 10.5. The van der Waals surface area contributed by atoms with Crippen LogP contribution >= 0.6 is 0 Å². The lowest BCUT2D eigenvalue weighted by molar-refractivity contribution is 0.182. The molecular formula is C46H41N3O2. The fourth-order valence-electron chi connectivity index (χ4n) is 7.84. The zero-order valence-corrected chi connectivity index (χ0v) is 29.8. The van der Waals surface area contributed by atoms with Gasteiger partial charge in [-0.05, 0) is 120 Å². The van der Waals surface area contributed by atoms with E-state index < -0.39 is 0 Å². The second-order valence-corrected chi connectivity index (χ2v) is 15.1. The summed E-state index contributed by atoms with van der Waals surface area (Å²) in [6.07, 6.45) is 3.81. The van der Waals surface area contributed by atoms with Crippen molar-refractivity contribution in [2.45, 2.75) is 65.0 Å². The maximum Gasteiger partial charge on any atom is 0.217 e. The summed E-state index contributed by atoms with van der Waals surface area (Å²) in [5.41, 5.74) is 12.4. The Bertz CT molecular complexity index is 2500. The van der Waals surface area contributed by atoms with Gasteiger partial charge in [0.2, 0.25) is 5.90 Å². The summed E-state index contributed by atoms with van der Waals surface area (Å²) in [7, 11) is 0. The molecule has 7 aromatic rings. The highest BCUT2D eigenvalue weighted by Gasteiger charge is 2.37. The molecule has 0 amide bonds. The van der Waals surface area contributed by atoms with E-state index in [0.29, 0.717) is 5.90 Å². The minimum atomic E-state index is -0.120. The van der Waals surface area contributed by atoms with Gasteiger partial charge in [-0.15, -0.1) is 0 Å². The quantitative estimate of drug-likeness (QED) is 0.184. The zero-order valence-electron chi connectivity index (χ0n) is 29.8. The second-order valence-electron chi connectivity index (χ2n) is 15.1. The summed E-state index contributed by atoms with van der Waals surface area (Å²) in [6, 6.07) is 40.8. The van der Waals surface area contributed by atoms with E-state index in [4.69, 9.17) is 19.5 Å². The molecule has 0 spiro atoms. The van der Waals surface area contributed by atoms with E-state index in [0.717, 1.165) is 63.3 Å². The molecule has 51 heavy (non-hydrogen) atoms. The molecule has 2 atom stereocenters. The van der Waals surface area contributed by atoms with Gasteiger partial charge < -0.3 is 9.47 Å². The van der Waals surface area contributed by atoms with E-state index in [1.54, 1.807) is 0 Å². The number of ether oxygens (including phenoxy) is 2. The number of hydrogen-bond acceptors (Lipinski definition) is 4. The first kappa shape index (κ1) is 31.3. The number of fused-ring (bicyclic) bond motifs is 6. The maximum absolute atomic E-state index is 6.90. The summed E-state index contributed by atoms with van der Waals surface area (Å²) in [5.74, 6) is 2.17. The summed E-state index contributed by atoms with van der Waals surface area (Å²) >= 11 is 0. The number of hydrogen-bond donors (Lipinski definition) is 0. The largest absolute Gasteiger partial charge is 0.467 e. The van der Waals surface area contributed by atoms with Crippen molar-refractivity contribution >= 4 is 27.8 Å². The van der Waals surface area contributed by atoms with Crippen molar-refractivity contribution in [3.63, 3.8) is 0 Å². The number of aryl methyl sites for hydroxylation is 2. The summed E-state index contributed by atoms with van der Waals surface area (Å²) in [4.78, 5) is 10.1. The predicted molar refractivity (Wildman–Crippen MR) is 208 cm³/mol. The van der Waals surface area contributed by atoms with Crippen LogP contribution in [0.4, 0.5) is 0 Å². The van der Waals surface area contributed by atoms with Crippen molar-refractivity contribution in [1.29, 1.82) is 0 Å². The molecule has 0 saturated carbocycles. The van der Waals surface area contributed by atoms with Gasteiger partial charge >= 0.3 is 0 Å². The van der Waals surface area contributed by atoms with Gasteiger partial charge in [-0.3, -0.25) is 4.57 Å². The summed E-state index contributed by atoms with van der Waals surface area (Å²) in [6.45, 7) is 11.1. The molecule has 0 bridgehead atoms. The number of aromatic nitrogens is 2. The van der Waals surface area contributed by atoms with Crippen molar-refractivity contribution in [2.24, 2.45) is 4.99 Å². The van der Waals surface area contributed by atoms with E-state index in [2.05, 4.69) is 142 Å². The minimum absolute atomic E-state index is 0.0666. The lowest BCUT2D eigenvalue weighted by atomic mass is 9.84. The van der Waals surface area contributed by atoms with E-state index in [-0.39, 0.29) is 17.6 Å². The van der Waals surface area contributed by atoms with Gasteiger partial charge in [0.25, 0.3) is 0 Å². The van der Waals surface area contributed by atoms with Crippen molar-refractivity contribution in [3.05, 3.63) is 155 Å². The van der Waals surface area contributed by atoms with E-state index in [1.807, 2.05) is 18.3 Å². The molecule has 0 fully saturated rings. The molecular weight excluding hydrogens is 627 g/mol. The molecule has 5 nitrogen and oxygen atoms in total. The monoisotopic (exact) mass is 667 g/mol. The van der Waals surface area contributed by atoms with Crippen LogP contribution in [0.15, 0.2) is 126 Å². The van der Waals surface area contributed by atoms with Gasteiger partial charge in [0.1, 0.15) is 23.3 Å². The molecule has 5 aromatic carbocycles. The van der Waals surface area contributed by atoms with E-state index >= 15 is 0 Å². The topological polar surface area (TPSA) is 48.6 Å². The predicted octanol–water partition coefficient (Wildman–Crippen LogP) is 11.4. The van der Waals surface area contributed by atoms with Crippen molar-refractivity contribution in [1.82, 2.24) is 9.55 Å². The van der Waals surface area contributed by atoms with Crippen LogP contribution in [0, 0.1) is 13.8 Å². The van der Waals surface area contributed by atoms with Crippen LogP contribution in [-0.4, -0.2) is 21.5 Å². The Morgan fingerprint density at radius 3 is 2.41 bits per heavy atom. The SMILES string of the molecule is Cc1ccc2c(c1)c1cccnc1n2-c1cc(Oc2cc(C3=N[C@@H]4CCc5c(C)cccc5[C@@H]4O3)cc(-c3ccccc3)c2)cc(C(C)(C)C)c1. The Labute approximate surface area is 299 Å². The van der Waals surface area contributed by atoms with Crippen LogP contribution in [0.1, 0.15) is 66.7 Å². The fraction of sp³-hybridized carbons (Fsp3) is 0.217. The first-order valence-corrected chi connectivity index (χ1v) is 17.9. The Kier molecular flexibility index (Phi) is 7.36. The molecule has 3 heterocycles. The van der Waals surface area contributed by atoms with Gasteiger partial charge in [0, 0.05) is 28.6 Å². The third-order valence-corrected chi connectivity index (χ3v) is 10.5. The van der Waals surface area contributed by atoms with Gasteiger partial charge in [0.15, 0.2) is 0 Å². The van der Waals surface area contributed by atoms with Crippen LogP contribution in [-0.2, 0) is 16.6 Å². The Morgan fingerprint density at radius 2 is 1.57 bits per heavy atom. The normalized spacial score (nSPS) is 16.8. The van der Waals surface area contributed by atoms with Crippen molar-refractivity contribution in [2.75, 3.05) is 0 Å². The Morgan fingerprint density at radius 1 is 0.745 bits per heavy atom.